The highest BCUT2D eigenvalue weighted by Crippen LogP contribution is 2.19. The lowest BCUT2D eigenvalue weighted by atomic mass is 9.97. The van der Waals surface area contributed by atoms with Crippen LogP contribution in [0.4, 0.5) is 0 Å². The second-order valence-corrected chi connectivity index (χ2v) is 6.45. The van der Waals surface area contributed by atoms with Crippen LogP contribution in [0.2, 0.25) is 0 Å². The summed E-state index contributed by atoms with van der Waals surface area (Å²) in [6, 6.07) is 6.47. The van der Waals surface area contributed by atoms with Crippen molar-refractivity contribution in [2.75, 3.05) is 26.8 Å². The molecule has 0 aliphatic carbocycles. The maximum Gasteiger partial charge on any atom is 0.338 e. The lowest BCUT2D eigenvalue weighted by Crippen LogP contribution is -2.42. The van der Waals surface area contributed by atoms with Gasteiger partial charge < -0.3 is 19.1 Å². The van der Waals surface area contributed by atoms with E-state index in [-0.39, 0.29) is 30.5 Å². The highest BCUT2D eigenvalue weighted by molar-refractivity contribution is 5.89. The summed E-state index contributed by atoms with van der Waals surface area (Å²) in [6.45, 7) is 4.52. The van der Waals surface area contributed by atoms with Gasteiger partial charge in [0.05, 0.1) is 24.7 Å². The summed E-state index contributed by atoms with van der Waals surface area (Å²) in [5.74, 6) is -0.371. The molecule has 142 valence electrons. The Morgan fingerprint density at radius 1 is 1.12 bits per heavy atom. The standard InChI is InChI=1S/C19H25NO6/c1-13(2)26-19(23)14-4-6-16(7-5-14)25-12-17(21)20-10-8-15(9-11-20)18(22)24-3/h4-7,13,15H,8-12H2,1-3H3. The fraction of sp³-hybridized carbons (Fsp3) is 0.526. The highest BCUT2D eigenvalue weighted by Gasteiger charge is 2.27. The van der Waals surface area contributed by atoms with Gasteiger partial charge in [0, 0.05) is 13.1 Å². The van der Waals surface area contributed by atoms with Crippen LogP contribution in [0.5, 0.6) is 5.75 Å². The number of hydrogen-bond donors (Lipinski definition) is 0. The minimum Gasteiger partial charge on any atom is -0.484 e. The average molecular weight is 363 g/mol. The fourth-order valence-electron chi connectivity index (χ4n) is 2.74. The third kappa shape index (κ3) is 5.47. The van der Waals surface area contributed by atoms with Crippen molar-refractivity contribution in [3.63, 3.8) is 0 Å². The summed E-state index contributed by atoms with van der Waals surface area (Å²) < 4.78 is 15.3. The first kappa shape index (κ1) is 19.8. The first-order valence-corrected chi connectivity index (χ1v) is 8.70. The van der Waals surface area contributed by atoms with E-state index in [1.54, 1.807) is 43.0 Å². The molecule has 0 unspecified atom stereocenters. The molecule has 1 amide bonds. The Hall–Kier alpha value is -2.57. The van der Waals surface area contributed by atoms with Gasteiger partial charge in [0.25, 0.3) is 5.91 Å². The molecule has 1 aromatic carbocycles. The van der Waals surface area contributed by atoms with E-state index in [1.165, 1.54) is 7.11 Å². The Morgan fingerprint density at radius 3 is 2.27 bits per heavy atom. The van der Waals surface area contributed by atoms with Gasteiger partial charge in [-0.05, 0) is 51.0 Å². The van der Waals surface area contributed by atoms with Crippen LogP contribution in [0.1, 0.15) is 37.0 Å². The van der Waals surface area contributed by atoms with Gasteiger partial charge in [-0.1, -0.05) is 0 Å². The Bertz CT molecular complexity index is 632. The van der Waals surface area contributed by atoms with E-state index >= 15 is 0 Å². The second-order valence-electron chi connectivity index (χ2n) is 6.45. The molecule has 0 N–H and O–H groups in total. The molecule has 2 rings (SSSR count). The molecule has 0 aromatic heterocycles. The number of esters is 2. The molecule has 0 bridgehead atoms. The molecule has 0 radical (unpaired) electrons. The van der Waals surface area contributed by atoms with Crippen molar-refractivity contribution in [3.8, 4) is 5.75 Å². The topological polar surface area (TPSA) is 82.1 Å². The van der Waals surface area contributed by atoms with E-state index in [1.807, 2.05) is 0 Å². The van der Waals surface area contributed by atoms with Gasteiger partial charge in [-0.3, -0.25) is 9.59 Å². The number of nitrogens with zero attached hydrogens (tertiary/aromatic N) is 1. The van der Waals surface area contributed by atoms with E-state index < -0.39 is 5.97 Å². The second kappa shape index (κ2) is 9.22. The van der Waals surface area contributed by atoms with Crippen molar-refractivity contribution in [1.29, 1.82) is 0 Å². The number of likely N-dealkylation sites (tertiary alicyclic amines) is 1. The molecule has 7 nitrogen and oxygen atoms in total. The number of amides is 1. The summed E-state index contributed by atoms with van der Waals surface area (Å²) in [5, 5.41) is 0. The molecule has 0 atom stereocenters. The molecule has 1 aromatic rings. The van der Waals surface area contributed by atoms with Crippen LogP contribution in [0.25, 0.3) is 0 Å². The van der Waals surface area contributed by atoms with Crippen LogP contribution in [0, 0.1) is 5.92 Å². The van der Waals surface area contributed by atoms with Gasteiger partial charge in [0.1, 0.15) is 5.75 Å². The van der Waals surface area contributed by atoms with Crippen molar-refractivity contribution < 1.29 is 28.6 Å². The fourth-order valence-corrected chi connectivity index (χ4v) is 2.74. The predicted octanol–water partition coefficient (Wildman–Crippen LogP) is 2.04. The minimum atomic E-state index is -0.392. The summed E-state index contributed by atoms with van der Waals surface area (Å²) >= 11 is 0. The van der Waals surface area contributed by atoms with Crippen LogP contribution in [0.15, 0.2) is 24.3 Å². The normalized spacial score (nSPS) is 14.8. The van der Waals surface area contributed by atoms with Crippen molar-refractivity contribution in [2.24, 2.45) is 5.92 Å². The summed E-state index contributed by atoms with van der Waals surface area (Å²) in [7, 11) is 1.38. The van der Waals surface area contributed by atoms with Crippen LogP contribution < -0.4 is 4.74 Å². The molecule has 0 spiro atoms. The van der Waals surface area contributed by atoms with E-state index in [4.69, 9.17) is 14.2 Å². The van der Waals surface area contributed by atoms with E-state index in [9.17, 15) is 14.4 Å². The number of piperidine rings is 1. The van der Waals surface area contributed by atoms with Gasteiger partial charge in [-0.25, -0.2) is 4.79 Å². The average Bonchev–Trinajstić information content (AvgIpc) is 2.65. The predicted molar refractivity (Wildman–Crippen MR) is 93.8 cm³/mol. The summed E-state index contributed by atoms with van der Waals surface area (Å²) in [6.07, 6.45) is 1.02. The molecular weight excluding hydrogens is 338 g/mol. The van der Waals surface area contributed by atoms with Gasteiger partial charge in [-0.15, -0.1) is 0 Å². The van der Waals surface area contributed by atoms with Crippen molar-refractivity contribution in [2.45, 2.75) is 32.8 Å². The Balaban J connectivity index is 1.79. The number of carbonyl (C=O) groups is 3. The largest absolute Gasteiger partial charge is 0.484 e. The molecule has 1 aliphatic heterocycles. The molecule has 7 heteroatoms. The third-order valence-corrected chi connectivity index (χ3v) is 4.18. The molecule has 1 saturated heterocycles. The molecule has 1 fully saturated rings. The first-order valence-electron chi connectivity index (χ1n) is 8.70. The summed E-state index contributed by atoms with van der Waals surface area (Å²) in [5.41, 5.74) is 0.433. The molecule has 1 aliphatic rings. The Morgan fingerprint density at radius 2 is 1.73 bits per heavy atom. The molecule has 1 heterocycles. The van der Waals surface area contributed by atoms with Crippen molar-refractivity contribution in [3.05, 3.63) is 29.8 Å². The summed E-state index contributed by atoms with van der Waals surface area (Å²) in [4.78, 5) is 37.2. The smallest absolute Gasteiger partial charge is 0.338 e. The van der Waals surface area contributed by atoms with Gasteiger partial charge in [0.15, 0.2) is 6.61 Å². The van der Waals surface area contributed by atoms with Gasteiger partial charge >= 0.3 is 11.9 Å². The van der Waals surface area contributed by atoms with Crippen molar-refractivity contribution in [1.82, 2.24) is 4.90 Å². The van der Waals surface area contributed by atoms with Crippen LogP contribution in [-0.4, -0.2) is 55.7 Å². The zero-order valence-corrected chi connectivity index (χ0v) is 15.4. The monoisotopic (exact) mass is 363 g/mol. The number of hydrogen-bond acceptors (Lipinski definition) is 6. The van der Waals surface area contributed by atoms with Crippen LogP contribution in [-0.2, 0) is 19.1 Å². The molecule has 26 heavy (non-hydrogen) atoms. The number of ether oxygens (including phenoxy) is 3. The van der Waals surface area contributed by atoms with Crippen LogP contribution >= 0.6 is 0 Å². The Kier molecular flexibility index (Phi) is 7.00. The SMILES string of the molecule is COC(=O)C1CCN(C(=O)COc2ccc(C(=O)OC(C)C)cc2)CC1. The van der Waals surface area contributed by atoms with E-state index in [2.05, 4.69) is 0 Å². The molecular formula is C19H25NO6. The zero-order chi connectivity index (χ0) is 19.1. The Labute approximate surface area is 153 Å². The zero-order valence-electron chi connectivity index (χ0n) is 15.4. The highest BCUT2D eigenvalue weighted by atomic mass is 16.5. The maximum absolute atomic E-state index is 12.2. The quantitative estimate of drug-likeness (QED) is 0.720. The lowest BCUT2D eigenvalue weighted by Gasteiger charge is -2.30. The third-order valence-electron chi connectivity index (χ3n) is 4.18. The first-order chi connectivity index (χ1) is 12.4. The van der Waals surface area contributed by atoms with Crippen LogP contribution in [0.3, 0.4) is 0 Å². The van der Waals surface area contributed by atoms with Gasteiger partial charge in [-0.2, -0.15) is 0 Å². The van der Waals surface area contributed by atoms with E-state index in [0.29, 0.717) is 37.2 Å². The minimum absolute atomic E-state index is 0.0846. The van der Waals surface area contributed by atoms with Crippen molar-refractivity contribution >= 4 is 17.8 Å². The number of benzene rings is 1. The van der Waals surface area contributed by atoms with E-state index in [0.717, 1.165) is 0 Å². The maximum atomic E-state index is 12.2. The number of carbonyl (C=O) groups excluding carboxylic acids is 3. The van der Waals surface area contributed by atoms with Gasteiger partial charge in [0.2, 0.25) is 0 Å². The molecule has 0 saturated carbocycles. The lowest BCUT2D eigenvalue weighted by molar-refractivity contribution is -0.149. The number of methoxy groups -OCH3 is 1. The number of rotatable bonds is 6.